The highest BCUT2D eigenvalue weighted by molar-refractivity contribution is 5.80. The molecule has 0 unspecified atom stereocenters. The summed E-state index contributed by atoms with van der Waals surface area (Å²) in [6.07, 6.45) is 0. The first-order valence-corrected chi connectivity index (χ1v) is 5.47. The number of para-hydroxylation sites is 2. The number of rotatable bonds is 2. The predicted octanol–water partition coefficient (Wildman–Crippen LogP) is 2.45. The first-order valence-electron chi connectivity index (χ1n) is 5.47. The molecule has 5 nitrogen and oxygen atoms in total. The number of aromatic nitrogens is 1. The lowest BCUT2D eigenvalue weighted by Crippen LogP contribution is -1.95. The van der Waals surface area contributed by atoms with Crippen molar-refractivity contribution in [1.29, 1.82) is 0 Å². The van der Waals surface area contributed by atoms with E-state index in [4.69, 9.17) is 10.2 Å². The number of H-pyrrole nitrogens is 1. The van der Waals surface area contributed by atoms with Gasteiger partial charge in [0.2, 0.25) is 0 Å². The molecule has 2 aromatic carbocycles. The van der Waals surface area contributed by atoms with Crippen molar-refractivity contribution in [3.8, 4) is 0 Å². The Morgan fingerprint density at radius 2 is 2.00 bits per heavy atom. The van der Waals surface area contributed by atoms with Crippen LogP contribution in [0.2, 0.25) is 0 Å². The van der Waals surface area contributed by atoms with Crippen molar-refractivity contribution in [3.63, 3.8) is 0 Å². The second kappa shape index (κ2) is 3.96. The van der Waals surface area contributed by atoms with E-state index in [-0.39, 0.29) is 0 Å². The van der Waals surface area contributed by atoms with Gasteiger partial charge in [-0.05, 0) is 24.3 Å². The van der Waals surface area contributed by atoms with E-state index in [1.165, 1.54) is 0 Å². The lowest BCUT2D eigenvalue weighted by molar-refractivity contribution is 0.555. The molecule has 0 aliphatic heterocycles. The van der Waals surface area contributed by atoms with Crippen molar-refractivity contribution < 1.29 is 4.42 Å². The van der Waals surface area contributed by atoms with Gasteiger partial charge in [0.15, 0.2) is 5.58 Å². The van der Waals surface area contributed by atoms with Gasteiger partial charge < -0.3 is 15.5 Å². The van der Waals surface area contributed by atoms with Crippen LogP contribution in [0.1, 0.15) is 0 Å². The summed E-state index contributed by atoms with van der Waals surface area (Å²) in [5, 5.41) is 3.17. The molecule has 3 rings (SSSR count). The second-order valence-electron chi connectivity index (χ2n) is 3.94. The number of benzene rings is 2. The molecular weight excluding hydrogens is 230 g/mol. The Kier molecular flexibility index (Phi) is 2.30. The molecule has 0 spiro atoms. The van der Waals surface area contributed by atoms with Crippen molar-refractivity contribution in [2.24, 2.45) is 0 Å². The van der Waals surface area contributed by atoms with Crippen LogP contribution in [0.5, 0.6) is 0 Å². The van der Waals surface area contributed by atoms with Crippen LogP contribution < -0.4 is 16.8 Å². The van der Waals surface area contributed by atoms with Gasteiger partial charge in [-0.15, -0.1) is 0 Å². The Bertz CT molecular complexity index is 758. The van der Waals surface area contributed by atoms with Crippen LogP contribution in [0.25, 0.3) is 11.1 Å². The summed E-state index contributed by atoms with van der Waals surface area (Å²) in [7, 11) is 0. The van der Waals surface area contributed by atoms with Crippen LogP contribution in [0.4, 0.5) is 17.1 Å². The molecule has 4 N–H and O–H groups in total. The van der Waals surface area contributed by atoms with E-state index < -0.39 is 5.76 Å². The quantitative estimate of drug-likeness (QED) is 0.602. The topological polar surface area (TPSA) is 84.0 Å². The molecule has 1 heterocycles. The maximum Gasteiger partial charge on any atom is 0.417 e. The van der Waals surface area contributed by atoms with Gasteiger partial charge in [-0.3, -0.25) is 4.98 Å². The molecule has 0 fully saturated rings. The largest absolute Gasteiger partial charge is 0.417 e. The number of hydrogen-bond donors (Lipinski definition) is 3. The minimum absolute atomic E-state index is 0.457. The Labute approximate surface area is 102 Å². The minimum Gasteiger partial charge on any atom is -0.408 e. The average Bonchev–Trinajstić information content (AvgIpc) is 2.71. The third kappa shape index (κ3) is 1.82. The van der Waals surface area contributed by atoms with Gasteiger partial charge in [-0.2, -0.15) is 0 Å². The van der Waals surface area contributed by atoms with E-state index in [0.29, 0.717) is 16.8 Å². The third-order valence-corrected chi connectivity index (χ3v) is 2.66. The summed E-state index contributed by atoms with van der Waals surface area (Å²) in [5.41, 5.74) is 9.31. The monoisotopic (exact) mass is 241 g/mol. The Hall–Kier alpha value is -2.69. The highest BCUT2D eigenvalue weighted by atomic mass is 16.4. The molecule has 0 bridgehead atoms. The number of anilines is 3. The van der Waals surface area contributed by atoms with Gasteiger partial charge in [0, 0.05) is 11.8 Å². The summed E-state index contributed by atoms with van der Waals surface area (Å²) in [4.78, 5) is 13.6. The molecule has 18 heavy (non-hydrogen) atoms. The molecule has 0 radical (unpaired) electrons. The molecule has 5 heteroatoms. The molecule has 0 atom stereocenters. The molecule has 0 aliphatic carbocycles. The van der Waals surface area contributed by atoms with E-state index >= 15 is 0 Å². The van der Waals surface area contributed by atoms with Gasteiger partial charge in [0.1, 0.15) is 0 Å². The number of nitrogen functional groups attached to an aromatic ring is 1. The van der Waals surface area contributed by atoms with Crippen LogP contribution in [-0.4, -0.2) is 4.98 Å². The average molecular weight is 241 g/mol. The van der Waals surface area contributed by atoms with Gasteiger partial charge in [0.25, 0.3) is 0 Å². The maximum atomic E-state index is 11.0. The number of nitrogens with two attached hydrogens (primary N) is 1. The van der Waals surface area contributed by atoms with Crippen molar-refractivity contribution in [3.05, 3.63) is 53.0 Å². The number of hydrogen-bond acceptors (Lipinski definition) is 4. The van der Waals surface area contributed by atoms with Crippen LogP contribution in [0.3, 0.4) is 0 Å². The molecule has 1 aromatic heterocycles. The zero-order valence-corrected chi connectivity index (χ0v) is 9.44. The fourth-order valence-electron chi connectivity index (χ4n) is 1.79. The summed E-state index contributed by atoms with van der Waals surface area (Å²) < 4.78 is 4.99. The van der Waals surface area contributed by atoms with Gasteiger partial charge in [-0.25, -0.2) is 4.79 Å². The molecule has 90 valence electrons. The zero-order valence-electron chi connectivity index (χ0n) is 9.44. The fraction of sp³-hybridized carbons (Fsp3) is 0. The first kappa shape index (κ1) is 10.5. The molecule has 0 saturated carbocycles. The summed E-state index contributed by atoms with van der Waals surface area (Å²) in [6, 6.07) is 12.8. The van der Waals surface area contributed by atoms with Gasteiger partial charge >= 0.3 is 5.76 Å². The summed E-state index contributed by atoms with van der Waals surface area (Å²) in [5.74, 6) is -0.457. The number of aromatic amines is 1. The van der Waals surface area contributed by atoms with Crippen LogP contribution in [0.15, 0.2) is 51.7 Å². The Morgan fingerprint density at radius 3 is 2.83 bits per heavy atom. The molecule has 3 aromatic rings. The van der Waals surface area contributed by atoms with E-state index in [9.17, 15) is 4.79 Å². The van der Waals surface area contributed by atoms with Crippen LogP contribution in [0, 0.1) is 0 Å². The smallest absolute Gasteiger partial charge is 0.408 e. The number of nitrogens with one attached hydrogen (secondary N) is 2. The lowest BCUT2D eigenvalue weighted by Gasteiger charge is -2.08. The van der Waals surface area contributed by atoms with Crippen molar-refractivity contribution in [2.75, 3.05) is 11.1 Å². The molecular formula is C13H11N3O2. The van der Waals surface area contributed by atoms with Crippen molar-refractivity contribution >= 4 is 28.2 Å². The van der Waals surface area contributed by atoms with Crippen LogP contribution in [-0.2, 0) is 0 Å². The standard InChI is InChI=1S/C13H11N3O2/c14-9-3-1-2-4-10(9)15-8-5-6-11-12(7-8)18-13(17)16-11/h1-7,15H,14H2,(H,16,17). The van der Waals surface area contributed by atoms with E-state index in [2.05, 4.69) is 10.3 Å². The third-order valence-electron chi connectivity index (χ3n) is 2.66. The van der Waals surface area contributed by atoms with Gasteiger partial charge in [0.05, 0.1) is 16.9 Å². The highest BCUT2D eigenvalue weighted by Gasteiger charge is 2.03. The second-order valence-corrected chi connectivity index (χ2v) is 3.94. The normalized spacial score (nSPS) is 10.7. The predicted molar refractivity (Wildman–Crippen MR) is 71.0 cm³/mol. The molecule has 0 amide bonds. The maximum absolute atomic E-state index is 11.0. The first-order chi connectivity index (χ1) is 8.72. The van der Waals surface area contributed by atoms with E-state index in [1.54, 1.807) is 12.1 Å². The number of oxazole rings is 1. The summed E-state index contributed by atoms with van der Waals surface area (Å²) in [6.45, 7) is 0. The van der Waals surface area contributed by atoms with E-state index in [0.717, 1.165) is 11.4 Å². The Balaban J connectivity index is 2.00. The zero-order chi connectivity index (χ0) is 12.5. The number of fused-ring (bicyclic) bond motifs is 1. The van der Waals surface area contributed by atoms with Crippen molar-refractivity contribution in [1.82, 2.24) is 4.98 Å². The highest BCUT2D eigenvalue weighted by Crippen LogP contribution is 2.24. The van der Waals surface area contributed by atoms with Crippen LogP contribution >= 0.6 is 0 Å². The van der Waals surface area contributed by atoms with Crippen molar-refractivity contribution in [2.45, 2.75) is 0 Å². The lowest BCUT2D eigenvalue weighted by atomic mass is 10.2. The van der Waals surface area contributed by atoms with Gasteiger partial charge in [-0.1, -0.05) is 12.1 Å². The van der Waals surface area contributed by atoms with E-state index in [1.807, 2.05) is 30.3 Å². The minimum atomic E-state index is -0.457. The Morgan fingerprint density at radius 1 is 1.17 bits per heavy atom. The SMILES string of the molecule is Nc1ccccc1Nc1ccc2[nH]c(=O)oc2c1. The molecule has 0 saturated heterocycles. The summed E-state index contributed by atoms with van der Waals surface area (Å²) >= 11 is 0. The fourth-order valence-corrected chi connectivity index (χ4v) is 1.79. The molecule has 0 aliphatic rings.